The number of hydrogen-bond acceptors (Lipinski definition) is 7. The topological polar surface area (TPSA) is 85.1 Å². The van der Waals surface area contributed by atoms with Crippen LogP contribution < -0.4 is 10.1 Å². The second-order valence-corrected chi connectivity index (χ2v) is 8.40. The predicted molar refractivity (Wildman–Crippen MR) is 103 cm³/mol. The summed E-state index contributed by atoms with van der Waals surface area (Å²) >= 11 is 1.19. The number of rotatable bonds is 4. The Hall–Kier alpha value is -2.59. The van der Waals surface area contributed by atoms with E-state index in [4.69, 9.17) is 4.74 Å². The molecule has 4 unspecified atom stereocenters. The van der Waals surface area contributed by atoms with Crippen LogP contribution in [-0.4, -0.2) is 55.6 Å². The van der Waals surface area contributed by atoms with Gasteiger partial charge in [-0.05, 0) is 25.1 Å². The lowest BCUT2D eigenvalue weighted by Crippen LogP contribution is -2.44. The lowest BCUT2D eigenvalue weighted by atomic mass is 10.0. The lowest BCUT2D eigenvalue weighted by molar-refractivity contribution is 0.126. The fourth-order valence-corrected chi connectivity index (χ4v) is 4.76. The smallest absolute Gasteiger partial charge is 0.294 e. The minimum Gasteiger partial charge on any atom is -0.507 e. The summed E-state index contributed by atoms with van der Waals surface area (Å²) in [5, 5.41) is 26.7. The van der Waals surface area contributed by atoms with Gasteiger partial charge in [-0.25, -0.2) is 13.5 Å². The molecule has 2 aliphatic heterocycles. The van der Waals surface area contributed by atoms with Gasteiger partial charge in [0, 0.05) is 37.2 Å². The maximum Gasteiger partial charge on any atom is 0.294 e. The molecule has 3 aromatic rings. The van der Waals surface area contributed by atoms with Crippen molar-refractivity contribution in [3.63, 3.8) is 0 Å². The fourth-order valence-electron chi connectivity index (χ4n) is 3.97. The number of piperidine rings is 1. The van der Waals surface area contributed by atoms with Crippen molar-refractivity contribution < 1.29 is 18.6 Å². The summed E-state index contributed by atoms with van der Waals surface area (Å²) in [6.45, 7) is 1.89. The molecule has 10 heteroatoms. The van der Waals surface area contributed by atoms with Crippen molar-refractivity contribution in [2.24, 2.45) is 0 Å². The van der Waals surface area contributed by atoms with E-state index in [1.54, 1.807) is 16.8 Å². The molecule has 7 nitrogen and oxygen atoms in total. The number of benzene rings is 1. The number of nitrogens with zero attached hydrogens (tertiary/aromatic N) is 4. The van der Waals surface area contributed by atoms with E-state index in [2.05, 4.69) is 20.6 Å². The summed E-state index contributed by atoms with van der Waals surface area (Å²) < 4.78 is 35.2. The maximum atomic E-state index is 13.9. The van der Waals surface area contributed by atoms with E-state index in [9.17, 15) is 13.9 Å². The van der Waals surface area contributed by atoms with E-state index in [-0.39, 0.29) is 11.9 Å². The zero-order chi connectivity index (χ0) is 20.1. The first kappa shape index (κ1) is 18.4. The summed E-state index contributed by atoms with van der Waals surface area (Å²) in [7, 11) is 0. The Kier molecular flexibility index (Phi) is 4.47. The van der Waals surface area contributed by atoms with Crippen LogP contribution in [0.4, 0.5) is 8.78 Å². The number of phenolic OH excluding ortho intramolecular Hbond substituents is 1. The number of aromatic nitrogens is 4. The molecule has 2 N–H and O–H groups in total. The Bertz CT molecular complexity index is 1030. The van der Waals surface area contributed by atoms with E-state index in [1.807, 2.05) is 25.3 Å². The van der Waals surface area contributed by atoms with Crippen molar-refractivity contribution in [3.05, 3.63) is 36.2 Å². The molecule has 0 radical (unpaired) electrons. The summed E-state index contributed by atoms with van der Waals surface area (Å²) in [6, 6.07) is 6.02. The quantitative estimate of drug-likeness (QED) is 0.676. The van der Waals surface area contributed by atoms with Crippen LogP contribution in [-0.2, 0) is 0 Å². The molecule has 0 saturated carbocycles. The van der Waals surface area contributed by atoms with Crippen LogP contribution in [0.25, 0.3) is 16.3 Å². The zero-order valence-corrected chi connectivity index (χ0v) is 16.3. The normalized spacial score (nSPS) is 28.6. The third kappa shape index (κ3) is 3.36. The zero-order valence-electron chi connectivity index (χ0n) is 15.5. The van der Waals surface area contributed by atoms with Gasteiger partial charge in [-0.15, -0.1) is 5.10 Å². The van der Waals surface area contributed by atoms with E-state index in [1.165, 1.54) is 11.3 Å². The number of nitrogens with one attached hydrogen (secondary N) is 1. The van der Waals surface area contributed by atoms with Crippen molar-refractivity contribution in [2.75, 3.05) is 0 Å². The highest BCUT2D eigenvalue weighted by Gasteiger charge is 2.49. The highest BCUT2D eigenvalue weighted by Crippen LogP contribution is 2.37. The highest BCUT2D eigenvalue weighted by molar-refractivity contribution is 7.16. The minimum atomic E-state index is -1.49. The molecular formula is C19H19F2N5O2S. The number of fused-ring (bicyclic) bond motifs is 2. The van der Waals surface area contributed by atoms with Crippen molar-refractivity contribution in [2.45, 2.75) is 50.3 Å². The Balaban J connectivity index is 1.31. The Morgan fingerprint density at radius 2 is 1.93 bits per heavy atom. The fraction of sp³-hybridized carbons (Fsp3) is 0.421. The number of ether oxygens (including phenoxy) is 1. The van der Waals surface area contributed by atoms with Crippen molar-refractivity contribution in [1.29, 1.82) is 0 Å². The monoisotopic (exact) mass is 419 g/mol. The molecule has 2 fully saturated rings. The van der Waals surface area contributed by atoms with Gasteiger partial charge in [-0.1, -0.05) is 16.4 Å². The molecule has 29 heavy (non-hydrogen) atoms. The Morgan fingerprint density at radius 3 is 2.59 bits per heavy atom. The molecule has 1 aromatic carbocycles. The molecule has 0 amide bonds. The summed E-state index contributed by atoms with van der Waals surface area (Å²) in [5.74, 6) is 0.0545. The molecule has 2 aliphatic rings. The van der Waals surface area contributed by atoms with Crippen molar-refractivity contribution in [1.82, 2.24) is 25.3 Å². The molecule has 0 aliphatic carbocycles. The van der Waals surface area contributed by atoms with Gasteiger partial charge in [0.2, 0.25) is 0 Å². The second-order valence-electron chi connectivity index (χ2n) is 7.46. The van der Waals surface area contributed by atoms with Gasteiger partial charge in [-0.2, -0.15) is 5.10 Å². The van der Waals surface area contributed by atoms with Gasteiger partial charge in [0.05, 0.1) is 16.9 Å². The molecule has 5 rings (SSSR count). The second kappa shape index (κ2) is 7.03. The summed E-state index contributed by atoms with van der Waals surface area (Å²) in [4.78, 5) is 0. The molecule has 2 aromatic heterocycles. The minimum absolute atomic E-state index is 0.0545. The first-order chi connectivity index (χ1) is 14.0. The average molecular weight is 419 g/mol. The van der Waals surface area contributed by atoms with Crippen LogP contribution in [0.3, 0.4) is 0 Å². The van der Waals surface area contributed by atoms with Crippen LogP contribution in [0.2, 0.25) is 0 Å². The number of alkyl halides is 2. The lowest BCUT2D eigenvalue weighted by Gasteiger charge is -2.28. The van der Waals surface area contributed by atoms with Gasteiger partial charge in [0.1, 0.15) is 24.2 Å². The predicted octanol–water partition coefficient (Wildman–Crippen LogP) is 2.96. The maximum absolute atomic E-state index is 13.9. The van der Waals surface area contributed by atoms with Gasteiger partial charge >= 0.3 is 0 Å². The Labute approximate surface area is 169 Å². The number of aryl methyl sites for hydroxylation is 1. The molecule has 0 spiro atoms. The highest BCUT2D eigenvalue weighted by atomic mass is 32.1. The summed E-state index contributed by atoms with van der Waals surface area (Å²) in [6.07, 6.45) is -0.714. The van der Waals surface area contributed by atoms with Gasteiger partial charge in [0.25, 0.3) is 5.19 Å². The van der Waals surface area contributed by atoms with E-state index >= 15 is 0 Å². The van der Waals surface area contributed by atoms with Crippen molar-refractivity contribution >= 4 is 11.3 Å². The molecule has 2 saturated heterocycles. The average Bonchev–Trinajstić information content (AvgIpc) is 3.39. The number of halogens is 2. The largest absolute Gasteiger partial charge is 0.507 e. The van der Waals surface area contributed by atoms with Crippen LogP contribution in [0.15, 0.2) is 30.5 Å². The standard InChI is InChI=1S/C19H19F2N5O2S/c1-9-4-5-26(25-9)10-2-3-12(15(27)6-10)18-23-24-19(29-18)28-11-7-13-16(20)17(21)14(8-11)22-13/h2-6,11,13-14,16-17,22,27H,7-8H2,1H3. The van der Waals surface area contributed by atoms with E-state index < -0.39 is 24.4 Å². The number of phenols is 1. The Morgan fingerprint density at radius 1 is 1.17 bits per heavy atom. The van der Waals surface area contributed by atoms with Crippen LogP contribution >= 0.6 is 11.3 Å². The van der Waals surface area contributed by atoms with Gasteiger partial charge in [-0.3, -0.25) is 0 Å². The molecular weight excluding hydrogens is 400 g/mol. The molecule has 4 heterocycles. The van der Waals surface area contributed by atoms with E-state index in [0.29, 0.717) is 28.6 Å². The van der Waals surface area contributed by atoms with Gasteiger partial charge in [0.15, 0.2) is 5.01 Å². The van der Waals surface area contributed by atoms with Crippen LogP contribution in [0, 0.1) is 6.92 Å². The number of hydrogen-bond donors (Lipinski definition) is 2. The van der Waals surface area contributed by atoms with Crippen LogP contribution in [0.5, 0.6) is 10.9 Å². The summed E-state index contributed by atoms with van der Waals surface area (Å²) in [5.41, 5.74) is 2.14. The SMILES string of the molecule is Cc1ccn(-c2ccc(-c3nnc(OC4CC5NC(C4)C(F)C5F)s3)c(O)c2)n1. The van der Waals surface area contributed by atoms with Gasteiger partial charge < -0.3 is 15.2 Å². The van der Waals surface area contributed by atoms with Crippen molar-refractivity contribution in [3.8, 4) is 27.2 Å². The van der Waals surface area contributed by atoms with Crippen LogP contribution in [0.1, 0.15) is 18.5 Å². The third-order valence-electron chi connectivity index (χ3n) is 5.41. The third-order valence-corrected chi connectivity index (χ3v) is 6.25. The first-order valence-electron chi connectivity index (χ1n) is 9.38. The first-order valence-corrected chi connectivity index (χ1v) is 10.2. The van der Waals surface area contributed by atoms with E-state index in [0.717, 1.165) is 11.4 Å². The molecule has 4 atom stereocenters. The number of aromatic hydroxyl groups is 1. The molecule has 2 bridgehead atoms. The molecule has 152 valence electrons.